The highest BCUT2D eigenvalue weighted by Crippen LogP contribution is 2.32. The molecule has 106 valence electrons. The molecule has 0 saturated heterocycles. The van der Waals surface area contributed by atoms with E-state index in [1.807, 2.05) is 6.07 Å². The summed E-state index contributed by atoms with van der Waals surface area (Å²) in [4.78, 5) is 2.35. The number of nitrogens with two attached hydrogens (primary N) is 1. The van der Waals surface area contributed by atoms with Crippen molar-refractivity contribution >= 4 is 0 Å². The van der Waals surface area contributed by atoms with Crippen LogP contribution in [0.15, 0.2) is 18.2 Å². The van der Waals surface area contributed by atoms with Crippen molar-refractivity contribution in [1.82, 2.24) is 4.90 Å². The maximum Gasteiger partial charge on any atom is 0.231 e. The van der Waals surface area contributed by atoms with Crippen LogP contribution in [0.1, 0.15) is 25.3 Å². The third-order valence-electron chi connectivity index (χ3n) is 3.42. The number of ether oxygens (including phenoxy) is 2. The molecule has 19 heavy (non-hydrogen) atoms. The Labute approximate surface area is 115 Å². The Morgan fingerprint density at radius 3 is 2.84 bits per heavy atom. The van der Waals surface area contributed by atoms with E-state index in [1.54, 1.807) is 0 Å². The lowest BCUT2D eigenvalue weighted by molar-refractivity contribution is 0.174. The Balaban J connectivity index is 1.73. The first kappa shape index (κ1) is 14.2. The lowest BCUT2D eigenvalue weighted by Gasteiger charge is -2.17. The zero-order valence-electron chi connectivity index (χ0n) is 11.9. The molecular formula is C15H24N2O2. The van der Waals surface area contributed by atoms with E-state index >= 15 is 0 Å². The molecule has 2 rings (SSSR count). The van der Waals surface area contributed by atoms with Crippen LogP contribution in [0.3, 0.4) is 0 Å². The minimum Gasteiger partial charge on any atom is -0.454 e. The predicted octanol–water partition coefficient (Wildman–Crippen LogP) is 2.02. The van der Waals surface area contributed by atoms with Crippen molar-refractivity contribution in [3.05, 3.63) is 23.8 Å². The molecule has 4 nitrogen and oxygen atoms in total. The standard InChI is InChI=1S/C15H24N2O2/c1-12(16)4-3-8-17(2)9-7-13-5-6-14-15(10-13)19-11-18-14/h5-6,10,12H,3-4,7-9,11,16H2,1-2H3. The molecule has 0 amide bonds. The molecular weight excluding hydrogens is 240 g/mol. The number of rotatable bonds is 7. The predicted molar refractivity (Wildman–Crippen MR) is 76.6 cm³/mol. The molecule has 1 heterocycles. The highest BCUT2D eigenvalue weighted by molar-refractivity contribution is 5.44. The SMILES string of the molecule is CC(N)CCCN(C)CCc1ccc2c(c1)OCO2. The van der Waals surface area contributed by atoms with Gasteiger partial charge in [-0.1, -0.05) is 6.07 Å². The molecule has 0 radical (unpaired) electrons. The van der Waals surface area contributed by atoms with Crippen LogP contribution in [0.5, 0.6) is 11.5 Å². The summed E-state index contributed by atoms with van der Waals surface area (Å²) in [6, 6.07) is 6.50. The lowest BCUT2D eigenvalue weighted by atomic mass is 10.1. The number of benzene rings is 1. The van der Waals surface area contributed by atoms with E-state index in [-0.39, 0.29) is 0 Å². The van der Waals surface area contributed by atoms with Crippen molar-refractivity contribution in [2.75, 3.05) is 26.9 Å². The number of fused-ring (bicyclic) bond motifs is 1. The van der Waals surface area contributed by atoms with Crippen LogP contribution in [0.4, 0.5) is 0 Å². The van der Waals surface area contributed by atoms with Gasteiger partial charge in [0.05, 0.1) is 0 Å². The minimum absolute atomic E-state index is 0.308. The highest BCUT2D eigenvalue weighted by Gasteiger charge is 2.13. The summed E-state index contributed by atoms with van der Waals surface area (Å²) in [5.74, 6) is 1.73. The average molecular weight is 264 g/mol. The Hall–Kier alpha value is -1.26. The quantitative estimate of drug-likeness (QED) is 0.818. The van der Waals surface area contributed by atoms with Gasteiger partial charge in [0.2, 0.25) is 6.79 Å². The summed E-state index contributed by atoms with van der Waals surface area (Å²) in [5.41, 5.74) is 7.05. The van der Waals surface area contributed by atoms with Crippen LogP contribution in [0.25, 0.3) is 0 Å². The Bertz CT molecular complexity index is 407. The van der Waals surface area contributed by atoms with Gasteiger partial charge in [-0.05, 0) is 57.5 Å². The Kier molecular flexibility index (Phi) is 5.05. The molecule has 1 aromatic rings. The highest BCUT2D eigenvalue weighted by atomic mass is 16.7. The zero-order valence-corrected chi connectivity index (χ0v) is 11.9. The van der Waals surface area contributed by atoms with Gasteiger partial charge >= 0.3 is 0 Å². The molecule has 0 bridgehead atoms. The van der Waals surface area contributed by atoms with Crippen molar-refractivity contribution in [3.63, 3.8) is 0 Å². The fourth-order valence-corrected chi connectivity index (χ4v) is 2.21. The summed E-state index contributed by atoms with van der Waals surface area (Å²) in [6.45, 7) is 4.56. The topological polar surface area (TPSA) is 47.7 Å². The maximum absolute atomic E-state index is 5.75. The summed E-state index contributed by atoms with van der Waals surface area (Å²) in [6.07, 6.45) is 3.29. The van der Waals surface area contributed by atoms with Gasteiger partial charge in [-0.15, -0.1) is 0 Å². The van der Waals surface area contributed by atoms with Gasteiger partial charge in [0.1, 0.15) is 0 Å². The van der Waals surface area contributed by atoms with E-state index in [4.69, 9.17) is 15.2 Å². The fourth-order valence-electron chi connectivity index (χ4n) is 2.21. The Morgan fingerprint density at radius 1 is 1.26 bits per heavy atom. The summed E-state index contributed by atoms with van der Waals surface area (Å²) in [7, 11) is 2.16. The number of likely N-dealkylation sites (N-methyl/N-ethyl adjacent to an activating group) is 1. The molecule has 4 heteroatoms. The third-order valence-corrected chi connectivity index (χ3v) is 3.42. The van der Waals surface area contributed by atoms with Crippen LogP contribution < -0.4 is 15.2 Å². The normalized spacial score (nSPS) is 14.9. The largest absolute Gasteiger partial charge is 0.454 e. The number of hydrogen-bond acceptors (Lipinski definition) is 4. The monoisotopic (exact) mass is 264 g/mol. The van der Waals surface area contributed by atoms with Crippen molar-refractivity contribution in [3.8, 4) is 11.5 Å². The molecule has 0 spiro atoms. The fraction of sp³-hybridized carbons (Fsp3) is 0.600. The van der Waals surface area contributed by atoms with E-state index in [1.165, 1.54) is 5.56 Å². The number of nitrogens with zero attached hydrogens (tertiary/aromatic N) is 1. The van der Waals surface area contributed by atoms with Crippen molar-refractivity contribution in [2.24, 2.45) is 5.73 Å². The molecule has 1 aliphatic heterocycles. The second kappa shape index (κ2) is 6.78. The molecule has 1 aliphatic rings. The van der Waals surface area contributed by atoms with Crippen LogP contribution in [0.2, 0.25) is 0 Å². The summed E-state index contributed by atoms with van der Waals surface area (Å²) < 4.78 is 10.7. The van der Waals surface area contributed by atoms with E-state index in [9.17, 15) is 0 Å². The molecule has 2 N–H and O–H groups in total. The van der Waals surface area contributed by atoms with Crippen LogP contribution in [-0.2, 0) is 6.42 Å². The molecule has 0 aromatic heterocycles. The molecule has 0 saturated carbocycles. The minimum atomic E-state index is 0.308. The molecule has 1 unspecified atom stereocenters. The second-order valence-electron chi connectivity index (χ2n) is 5.36. The van der Waals surface area contributed by atoms with E-state index in [0.29, 0.717) is 12.8 Å². The van der Waals surface area contributed by atoms with Crippen LogP contribution in [-0.4, -0.2) is 37.9 Å². The van der Waals surface area contributed by atoms with E-state index in [2.05, 4.69) is 31.0 Å². The maximum atomic E-state index is 5.75. The van der Waals surface area contributed by atoms with Crippen molar-refractivity contribution in [2.45, 2.75) is 32.2 Å². The smallest absolute Gasteiger partial charge is 0.231 e. The second-order valence-corrected chi connectivity index (χ2v) is 5.36. The first-order chi connectivity index (χ1) is 9.15. The van der Waals surface area contributed by atoms with Gasteiger partial charge in [-0.2, -0.15) is 0 Å². The van der Waals surface area contributed by atoms with Gasteiger partial charge in [0, 0.05) is 12.6 Å². The first-order valence-corrected chi connectivity index (χ1v) is 6.98. The van der Waals surface area contributed by atoms with Gasteiger partial charge < -0.3 is 20.1 Å². The summed E-state index contributed by atoms with van der Waals surface area (Å²) in [5, 5.41) is 0. The molecule has 1 atom stereocenters. The van der Waals surface area contributed by atoms with E-state index < -0.39 is 0 Å². The molecule has 0 aliphatic carbocycles. The van der Waals surface area contributed by atoms with Crippen LogP contribution >= 0.6 is 0 Å². The number of hydrogen-bond donors (Lipinski definition) is 1. The van der Waals surface area contributed by atoms with Crippen molar-refractivity contribution in [1.29, 1.82) is 0 Å². The lowest BCUT2D eigenvalue weighted by Crippen LogP contribution is -2.24. The van der Waals surface area contributed by atoms with Gasteiger partial charge in [-0.25, -0.2) is 0 Å². The molecule has 1 aromatic carbocycles. The van der Waals surface area contributed by atoms with Crippen LogP contribution in [0, 0.1) is 0 Å². The summed E-state index contributed by atoms with van der Waals surface area (Å²) >= 11 is 0. The third kappa shape index (κ3) is 4.40. The van der Waals surface area contributed by atoms with E-state index in [0.717, 1.165) is 43.9 Å². The van der Waals surface area contributed by atoms with Gasteiger partial charge in [0.25, 0.3) is 0 Å². The van der Waals surface area contributed by atoms with Gasteiger partial charge in [0.15, 0.2) is 11.5 Å². The van der Waals surface area contributed by atoms with Gasteiger partial charge in [-0.3, -0.25) is 0 Å². The molecule has 0 fully saturated rings. The average Bonchev–Trinajstić information content (AvgIpc) is 2.83. The van der Waals surface area contributed by atoms with Crippen molar-refractivity contribution < 1.29 is 9.47 Å². The zero-order chi connectivity index (χ0) is 13.7. The Morgan fingerprint density at radius 2 is 2.05 bits per heavy atom. The first-order valence-electron chi connectivity index (χ1n) is 6.98.